The summed E-state index contributed by atoms with van der Waals surface area (Å²) in [4.78, 5) is 4.68. The summed E-state index contributed by atoms with van der Waals surface area (Å²) in [6, 6.07) is 19.1. The van der Waals surface area contributed by atoms with Gasteiger partial charge in [-0.3, -0.25) is 0 Å². The molecule has 0 spiro atoms. The van der Waals surface area contributed by atoms with Crippen LogP contribution in [0, 0.1) is 0 Å². The number of rotatable bonds is 2. The maximum atomic E-state index is 6.40. The van der Waals surface area contributed by atoms with Crippen LogP contribution < -0.4 is 0 Å². The molecule has 2 heterocycles. The summed E-state index contributed by atoms with van der Waals surface area (Å²) in [5.74, 6) is 0.718. The summed E-state index contributed by atoms with van der Waals surface area (Å²) in [7, 11) is 0. The Morgan fingerprint density at radius 3 is 2.48 bits per heavy atom. The van der Waals surface area contributed by atoms with E-state index in [-0.39, 0.29) is 0 Å². The highest BCUT2D eigenvalue weighted by Gasteiger charge is 2.13. The van der Waals surface area contributed by atoms with Gasteiger partial charge in [0.1, 0.15) is 5.69 Å². The van der Waals surface area contributed by atoms with Gasteiger partial charge >= 0.3 is 0 Å². The van der Waals surface area contributed by atoms with Gasteiger partial charge in [-0.2, -0.15) is 0 Å². The largest absolute Gasteiger partial charge is 0.463 e. The summed E-state index contributed by atoms with van der Waals surface area (Å²) in [6.45, 7) is 0. The molecule has 0 N–H and O–H groups in total. The predicted octanol–water partition coefficient (Wildman–Crippen LogP) is 6.47. The molecule has 0 fully saturated rings. The first-order chi connectivity index (χ1) is 11.2. The molecule has 0 aliphatic rings. The third-order valence-electron chi connectivity index (χ3n) is 3.71. The summed E-state index contributed by atoms with van der Waals surface area (Å²) in [5, 5.41) is 2.31. The third kappa shape index (κ3) is 2.61. The smallest absolute Gasteiger partial charge is 0.152 e. The Morgan fingerprint density at radius 1 is 0.826 bits per heavy atom. The van der Waals surface area contributed by atoms with Crippen molar-refractivity contribution in [2.45, 2.75) is 0 Å². The monoisotopic (exact) mass is 339 g/mol. The molecule has 2 nitrogen and oxygen atoms in total. The summed E-state index contributed by atoms with van der Waals surface area (Å²) < 4.78 is 5.49. The Labute approximate surface area is 143 Å². The van der Waals surface area contributed by atoms with Crippen LogP contribution in [0.3, 0.4) is 0 Å². The van der Waals surface area contributed by atoms with Crippen molar-refractivity contribution in [1.82, 2.24) is 4.98 Å². The number of nitrogens with zero attached hydrogens (tertiary/aromatic N) is 1. The van der Waals surface area contributed by atoms with Crippen molar-refractivity contribution in [2.75, 3.05) is 0 Å². The average molecular weight is 340 g/mol. The van der Waals surface area contributed by atoms with E-state index in [0.29, 0.717) is 10.0 Å². The second-order valence-electron chi connectivity index (χ2n) is 5.17. The first kappa shape index (κ1) is 14.3. The molecule has 0 aliphatic heterocycles. The van der Waals surface area contributed by atoms with E-state index in [4.69, 9.17) is 27.6 Å². The average Bonchev–Trinajstić information content (AvgIpc) is 3.09. The minimum Gasteiger partial charge on any atom is -0.463 e. The summed E-state index contributed by atoms with van der Waals surface area (Å²) in [5.41, 5.74) is 3.53. The number of benzene rings is 2. The van der Waals surface area contributed by atoms with Gasteiger partial charge in [-0.25, -0.2) is 4.98 Å². The van der Waals surface area contributed by atoms with Gasteiger partial charge < -0.3 is 4.42 Å². The molecule has 0 saturated carbocycles. The zero-order valence-electron chi connectivity index (χ0n) is 12.0. The van der Waals surface area contributed by atoms with Gasteiger partial charge in [-0.1, -0.05) is 41.4 Å². The van der Waals surface area contributed by atoms with Crippen LogP contribution in [-0.2, 0) is 0 Å². The van der Waals surface area contributed by atoms with E-state index < -0.39 is 0 Å². The fourth-order valence-corrected chi connectivity index (χ4v) is 3.06. The van der Waals surface area contributed by atoms with E-state index in [1.54, 1.807) is 6.26 Å². The van der Waals surface area contributed by atoms with Crippen molar-refractivity contribution in [2.24, 2.45) is 0 Å². The number of aromatic nitrogens is 1. The van der Waals surface area contributed by atoms with Crippen LogP contribution in [0.4, 0.5) is 0 Å². The molecule has 2 aromatic carbocycles. The fraction of sp³-hybridized carbons (Fsp3) is 0. The maximum Gasteiger partial charge on any atom is 0.152 e. The zero-order valence-corrected chi connectivity index (χ0v) is 13.5. The van der Waals surface area contributed by atoms with Crippen molar-refractivity contribution in [3.8, 4) is 22.6 Å². The lowest BCUT2D eigenvalue weighted by Gasteiger charge is -2.11. The predicted molar refractivity (Wildman–Crippen MR) is 94.9 cm³/mol. The molecule has 0 bridgehead atoms. The molecule has 23 heavy (non-hydrogen) atoms. The van der Waals surface area contributed by atoms with E-state index in [1.807, 2.05) is 60.7 Å². The quantitative estimate of drug-likeness (QED) is 0.418. The Hall–Kier alpha value is -2.29. The van der Waals surface area contributed by atoms with Gasteiger partial charge in [0.25, 0.3) is 0 Å². The van der Waals surface area contributed by atoms with Crippen molar-refractivity contribution >= 4 is 34.1 Å². The molecule has 0 radical (unpaired) electrons. The first-order valence-corrected chi connectivity index (χ1v) is 7.87. The number of hydrogen-bond acceptors (Lipinski definition) is 2. The van der Waals surface area contributed by atoms with Crippen molar-refractivity contribution in [3.05, 3.63) is 77.0 Å². The summed E-state index contributed by atoms with van der Waals surface area (Å²) in [6.07, 6.45) is 1.64. The van der Waals surface area contributed by atoms with Gasteiger partial charge in [-0.15, -0.1) is 0 Å². The molecule has 4 rings (SSSR count). The van der Waals surface area contributed by atoms with Crippen LogP contribution in [0.1, 0.15) is 0 Å². The van der Waals surface area contributed by atoms with Gasteiger partial charge in [0.05, 0.1) is 11.8 Å². The SMILES string of the molecule is Clc1ccc2nc(-c3ccco3)cc(-c3ccccc3Cl)c2c1. The molecular weight excluding hydrogens is 329 g/mol. The number of halogens is 2. The first-order valence-electron chi connectivity index (χ1n) is 7.11. The van der Waals surface area contributed by atoms with E-state index in [1.165, 1.54) is 0 Å². The highest BCUT2D eigenvalue weighted by molar-refractivity contribution is 6.34. The van der Waals surface area contributed by atoms with Gasteiger partial charge in [0, 0.05) is 21.0 Å². The van der Waals surface area contributed by atoms with Crippen LogP contribution in [-0.4, -0.2) is 4.98 Å². The number of furan rings is 1. The normalized spacial score (nSPS) is 11.0. The molecule has 0 aliphatic carbocycles. The topological polar surface area (TPSA) is 26.0 Å². The fourth-order valence-electron chi connectivity index (χ4n) is 2.65. The zero-order chi connectivity index (χ0) is 15.8. The number of pyridine rings is 1. The van der Waals surface area contributed by atoms with Gasteiger partial charge in [-0.05, 0) is 48.0 Å². The molecule has 0 unspecified atom stereocenters. The molecule has 0 saturated heterocycles. The van der Waals surface area contributed by atoms with E-state index in [0.717, 1.165) is 33.5 Å². The van der Waals surface area contributed by atoms with Gasteiger partial charge in [0.15, 0.2) is 5.76 Å². The third-order valence-corrected chi connectivity index (χ3v) is 4.27. The minimum atomic E-state index is 0.665. The van der Waals surface area contributed by atoms with Crippen molar-refractivity contribution in [1.29, 1.82) is 0 Å². The van der Waals surface area contributed by atoms with Crippen LogP contribution in [0.25, 0.3) is 33.5 Å². The molecule has 4 aromatic rings. The van der Waals surface area contributed by atoms with Crippen LogP contribution >= 0.6 is 23.2 Å². The highest BCUT2D eigenvalue weighted by atomic mass is 35.5. The van der Waals surface area contributed by atoms with Crippen LogP contribution in [0.2, 0.25) is 10.0 Å². The Balaban J connectivity index is 2.07. The molecule has 0 amide bonds. The second-order valence-corrected chi connectivity index (χ2v) is 6.02. The van der Waals surface area contributed by atoms with Crippen LogP contribution in [0.15, 0.2) is 71.3 Å². The molecule has 2 aromatic heterocycles. The number of fused-ring (bicyclic) bond motifs is 1. The lowest BCUT2D eigenvalue weighted by atomic mass is 9.99. The van der Waals surface area contributed by atoms with Gasteiger partial charge in [0.2, 0.25) is 0 Å². The van der Waals surface area contributed by atoms with E-state index >= 15 is 0 Å². The van der Waals surface area contributed by atoms with E-state index in [2.05, 4.69) is 4.98 Å². The minimum absolute atomic E-state index is 0.665. The standard InChI is InChI=1S/C19H11Cl2NO/c20-12-7-8-17-15(10-12)14(13-4-1-2-5-16(13)21)11-18(22-17)19-6-3-9-23-19/h1-11H. The van der Waals surface area contributed by atoms with Crippen molar-refractivity contribution < 1.29 is 4.42 Å². The number of hydrogen-bond donors (Lipinski definition) is 0. The highest BCUT2D eigenvalue weighted by Crippen LogP contribution is 2.36. The molecule has 4 heteroatoms. The Kier molecular flexibility index (Phi) is 3.56. The lowest BCUT2D eigenvalue weighted by Crippen LogP contribution is -1.89. The molecule has 112 valence electrons. The summed E-state index contributed by atoms with van der Waals surface area (Å²) >= 11 is 12.6. The van der Waals surface area contributed by atoms with E-state index in [9.17, 15) is 0 Å². The molecule has 0 atom stereocenters. The Morgan fingerprint density at radius 2 is 1.70 bits per heavy atom. The second kappa shape index (κ2) is 5.73. The Bertz CT molecular complexity index is 994. The van der Waals surface area contributed by atoms with Crippen LogP contribution in [0.5, 0.6) is 0 Å². The lowest BCUT2D eigenvalue weighted by molar-refractivity contribution is 0.580. The maximum absolute atomic E-state index is 6.40. The molecular formula is C19H11Cl2NO. The van der Waals surface area contributed by atoms with Crippen molar-refractivity contribution in [3.63, 3.8) is 0 Å².